The Balaban J connectivity index is 1.51. The van der Waals surface area contributed by atoms with Crippen LogP contribution in [0, 0.1) is 36.5 Å². The van der Waals surface area contributed by atoms with Gasteiger partial charge in [-0.15, -0.1) is 0 Å². The molecule has 40 heavy (non-hydrogen) atoms. The van der Waals surface area contributed by atoms with Gasteiger partial charge in [0.1, 0.15) is 0 Å². The number of pyridine rings is 2. The second-order valence-corrected chi connectivity index (χ2v) is 9.70. The highest BCUT2D eigenvalue weighted by atomic mass is 16.1. The summed E-state index contributed by atoms with van der Waals surface area (Å²) in [6.45, 7) is 3.77. The predicted octanol–water partition coefficient (Wildman–Crippen LogP) is 6.20. The summed E-state index contributed by atoms with van der Waals surface area (Å²) < 4.78 is 3.32. The number of benzene rings is 2. The Morgan fingerprint density at radius 2 is 0.925 bits per heavy atom. The number of nitriles is 2. The number of fused-ring (bicyclic) bond motifs is 3. The lowest BCUT2D eigenvalue weighted by atomic mass is 10.0. The molecule has 0 atom stereocenters. The van der Waals surface area contributed by atoms with E-state index in [1.807, 2.05) is 86.7 Å². The number of hydrogen-bond acceptors (Lipinski definition) is 4. The second-order valence-electron chi connectivity index (χ2n) is 9.70. The van der Waals surface area contributed by atoms with Gasteiger partial charge in [-0.25, -0.2) is 0 Å². The van der Waals surface area contributed by atoms with Crippen molar-refractivity contribution in [3.8, 4) is 12.1 Å². The molecule has 4 heterocycles. The molecule has 0 radical (unpaired) electrons. The van der Waals surface area contributed by atoms with Gasteiger partial charge in [0.05, 0.1) is 45.1 Å². The molecule has 0 fully saturated rings. The van der Waals surface area contributed by atoms with Crippen LogP contribution in [0.2, 0.25) is 0 Å². The first-order valence-corrected chi connectivity index (χ1v) is 12.7. The highest BCUT2D eigenvalue weighted by molar-refractivity contribution is 5.96. The maximum absolute atomic E-state index is 13.9. The smallest absolute Gasteiger partial charge is 0.264 e. The van der Waals surface area contributed by atoms with E-state index in [0.717, 1.165) is 22.3 Å². The monoisotopic (exact) mass is 518 g/mol. The molecule has 6 heteroatoms. The average molecular weight is 519 g/mol. The quantitative estimate of drug-likeness (QED) is 0.278. The predicted molar refractivity (Wildman–Crippen MR) is 159 cm³/mol. The van der Waals surface area contributed by atoms with Gasteiger partial charge >= 0.3 is 0 Å². The average Bonchev–Trinajstić information content (AvgIpc) is 3.61. The Hall–Kier alpha value is -5.72. The summed E-state index contributed by atoms with van der Waals surface area (Å²) in [7, 11) is 0. The first kappa shape index (κ1) is 24.6. The van der Waals surface area contributed by atoms with E-state index in [0.29, 0.717) is 44.3 Å². The molecule has 6 rings (SSSR count). The number of aryl methyl sites for hydroxylation is 2. The van der Waals surface area contributed by atoms with E-state index in [9.17, 15) is 9.59 Å². The van der Waals surface area contributed by atoms with E-state index in [1.54, 1.807) is 33.1 Å². The van der Waals surface area contributed by atoms with Crippen LogP contribution in [0.5, 0.6) is 0 Å². The van der Waals surface area contributed by atoms with Gasteiger partial charge in [0, 0.05) is 11.4 Å². The second kappa shape index (κ2) is 9.54. The van der Waals surface area contributed by atoms with Crippen LogP contribution >= 0.6 is 0 Å². The standard InChI is InChI=1S/C34H22N4O2/c1-21-29-17-15-27(13-11-23-3-7-25(19-35)8-4-23)37(29)34(40)32-22(2)30-18-16-28(38(30)33(39)31(21)32)14-12-24-5-9-26(20-36)10-6-24/h3-18H,1-2H3/b13-11+,14-12+. The van der Waals surface area contributed by atoms with Gasteiger partial charge in [0.15, 0.2) is 0 Å². The third kappa shape index (κ3) is 3.88. The molecule has 6 nitrogen and oxygen atoms in total. The van der Waals surface area contributed by atoms with Crippen LogP contribution in [0.3, 0.4) is 0 Å². The Labute approximate surface area is 229 Å². The zero-order valence-electron chi connectivity index (χ0n) is 21.8. The van der Waals surface area contributed by atoms with Gasteiger partial charge in [0.25, 0.3) is 11.1 Å². The lowest BCUT2D eigenvalue weighted by Crippen LogP contribution is -2.23. The Kier molecular flexibility index (Phi) is 5.87. The first-order chi connectivity index (χ1) is 19.4. The number of hydrogen-bond donors (Lipinski definition) is 0. The topological polar surface area (TPSA) is 90.5 Å². The highest BCUT2D eigenvalue weighted by Crippen LogP contribution is 2.26. The minimum atomic E-state index is -0.229. The van der Waals surface area contributed by atoms with Crippen molar-refractivity contribution in [1.29, 1.82) is 10.5 Å². The molecule has 2 aromatic carbocycles. The molecule has 6 aromatic rings. The van der Waals surface area contributed by atoms with Crippen molar-refractivity contribution in [2.45, 2.75) is 13.8 Å². The SMILES string of the molecule is Cc1c2c(=O)n3c(/C=C/c4ccc(C#N)cc4)ccc3c(C)c2c(=O)n2c(/C=C/c3ccc(C#N)cc3)ccc12. The van der Waals surface area contributed by atoms with Gasteiger partial charge in [-0.05, 0) is 96.8 Å². The molecule has 0 spiro atoms. The highest BCUT2D eigenvalue weighted by Gasteiger charge is 2.20. The number of rotatable bonds is 4. The summed E-state index contributed by atoms with van der Waals surface area (Å²) in [4.78, 5) is 27.8. The van der Waals surface area contributed by atoms with Crippen LogP contribution in [-0.4, -0.2) is 8.80 Å². The fourth-order valence-electron chi connectivity index (χ4n) is 5.29. The molecule has 0 bridgehead atoms. The van der Waals surface area contributed by atoms with E-state index < -0.39 is 0 Å². The summed E-state index contributed by atoms with van der Waals surface area (Å²) in [6.07, 6.45) is 7.54. The molecule has 0 aliphatic carbocycles. The van der Waals surface area contributed by atoms with E-state index in [-0.39, 0.29) is 11.1 Å². The minimum absolute atomic E-state index is 0.229. The lowest BCUT2D eigenvalue weighted by molar-refractivity contribution is 1.08. The normalized spacial score (nSPS) is 11.7. The van der Waals surface area contributed by atoms with Gasteiger partial charge in [0.2, 0.25) is 0 Å². The van der Waals surface area contributed by atoms with Gasteiger partial charge in [-0.1, -0.05) is 36.4 Å². The largest absolute Gasteiger partial charge is 0.277 e. The minimum Gasteiger partial charge on any atom is -0.277 e. The van der Waals surface area contributed by atoms with Crippen LogP contribution < -0.4 is 11.1 Å². The summed E-state index contributed by atoms with van der Waals surface area (Å²) in [5, 5.41) is 18.9. The third-order valence-corrected chi connectivity index (χ3v) is 7.40. The molecule has 0 aliphatic heterocycles. The zero-order valence-corrected chi connectivity index (χ0v) is 21.8. The van der Waals surface area contributed by atoms with Crippen molar-refractivity contribution in [3.05, 3.63) is 138 Å². The van der Waals surface area contributed by atoms with E-state index >= 15 is 0 Å². The maximum Gasteiger partial charge on any atom is 0.264 e. The van der Waals surface area contributed by atoms with Crippen molar-refractivity contribution in [1.82, 2.24) is 8.80 Å². The van der Waals surface area contributed by atoms with Crippen molar-refractivity contribution < 1.29 is 0 Å². The molecule has 0 saturated heterocycles. The van der Waals surface area contributed by atoms with Crippen molar-refractivity contribution in [2.24, 2.45) is 0 Å². The first-order valence-electron chi connectivity index (χ1n) is 12.7. The summed E-state index contributed by atoms with van der Waals surface area (Å²) in [6, 6.07) is 26.1. The van der Waals surface area contributed by atoms with E-state index in [2.05, 4.69) is 12.1 Å². The molecular weight excluding hydrogens is 496 g/mol. The molecule has 0 amide bonds. The Morgan fingerprint density at radius 1 is 0.550 bits per heavy atom. The molecule has 0 N–H and O–H groups in total. The van der Waals surface area contributed by atoms with Crippen LogP contribution in [-0.2, 0) is 0 Å². The third-order valence-electron chi connectivity index (χ3n) is 7.40. The molecule has 0 aliphatic rings. The summed E-state index contributed by atoms with van der Waals surface area (Å²) >= 11 is 0. The van der Waals surface area contributed by atoms with Crippen LogP contribution in [0.1, 0.15) is 44.8 Å². The molecule has 0 saturated carbocycles. The van der Waals surface area contributed by atoms with Gasteiger partial charge in [-0.3, -0.25) is 18.4 Å². The van der Waals surface area contributed by atoms with Crippen molar-refractivity contribution >= 4 is 46.1 Å². The zero-order chi connectivity index (χ0) is 28.0. The summed E-state index contributed by atoms with van der Waals surface area (Å²) in [5.41, 5.74) is 6.83. The van der Waals surface area contributed by atoms with Crippen LogP contribution in [0.4, 0.5) is 0 Å². The van der Waals surface area contributed by atoms with Crippen LogP contribution in [0.15, 0.2) is 82.4 Å². The lowest BCUT2D eigenvalue weighted by Gasteiger charge is -2.11. The number of aromatic nitrogens is 2. The maximum atomic E-state index is 13.9. The molecule has 190 valence electrons. The Bertz CT molecular complexity index is 2060. The van der Waals surface area contributed by atoms with Gasteiger partial charge < -0.3 is 0 Å². The van der Waals surface area contributed by atoms with E-state index in [1.165, 1.54) is 0 Å². The van der Waals surface area contributed by atoms with E-state index in [4.69, 9.17) is 10.5 Å². The van der Waals surface area contributed by atoms with Crippen LogP contribution in [0.25, 0.3) is 46.1 Å². The number of nitrogens with zero attached hydrogens (tertiary/aromatic N) is 4. The molecule has 0 unspecified atom stereocenters. The molecule has 4 aromatic heterocycles. The van der Waals surface area contributed by atoms with Crippen molar-refractivity contribution in [3.63, 3.8) is 0 Å². The van der Waals surface area contributed by atoms with Gasteiger partial charge in [-0.2, -0.15) is 10.5 Å². The fourth-order valence-corrected chi connectivity index (χ4v) is 5.29. The van der Waals surface area contributed by atoms with Crippen molar-refractivity contribution in [2.75, 3.05) is 0 Å². The molecular formula is C34H22N4O2. The Morgan fingerprint density at radius 3 is 1.27 bits per heavy atom. The fraction of sp³-hybridized carbons (Fsp3) is 0.0588. The summed E-state index contributed by atoms with van der Waals surface area (Å²) in [5.74, 6) is 0.